The minimum atomic E-state index is 0.683. The fourth-order valence-electron chi connectivity index (χ4n) is 2.73. The van der Waals surface area contributed by atoms with Crippen LogP contribution in [0.1, 0.15) is 38.5 Å². The third-order valence-electron chi connectivity index (χ3n) is 3.78. The molecule has 1 aliphatic carbocycles. The first kappa shape index (κ1) is 9.64. The highest BCUT2D eigenvalue weighted by Crippen LogP contribution is 2.29. The number of rotatable bonds is 2. The van der Waals surface area contributed by atoms with Gasteiger partial charge >= 0.3 is 0 Å². The smallest absolute Gasteiger partial charge is 0.0965 e. The van der Waals surface area contributed by atoms with Crippen molar-refractivity contribution in [2.45, 2.75) is 50.6 Å². The van der Waals surface area contributed by atoms with Crippen LogP contribution in [0.4, 0.5) is 0 Å². The molecule has 2 fully saturated rings. The molecule has 3 rings (SSSR count). The van der Waals surface area contributed by atoms with Crippen molar-refractivity contribution in [3.05, 3.63) is 0 Å². The predicted molar refractivity (Wildman–Crippen MR) is 62.3 cm³/mol. The highest BCUT2D eigenvalue weighted by atomic mass is 15.2. The molecule has 3 aliphatic rings. The largest absolute Gasteiger partial charge is 0.370 e. The fourth-order valence-corrected chi connectivity index (χ4v) is 2.73. The number of aliphatic imine (C=N–C) groups is 1. The van der Waals surface area contributed by atoms with Gasteiger partial charge in [0.1, 0.15) is 0 Å². The van der Waals surface area contributed by atoms with Gasteiger partial charge in [-0.2, -0.15) is 0 Å². The topological polar surface area (TPSA) is 27.6 Å². The maximum atomic E-state index is 4.57. The van der Waals surface area contributed by atoms with Crippen LogP contribution in [-0.2, 0) is 0 Å². The lowest BCUT2D eigenvalue weighted by atomic mass is 10.1. The maximum absolute atomic E-state index is 4.57. The molecule has 1 N–H and O–H groups in total. The first-order valence-electron chi connectivity index (χ1n) is 6.46. The zero-order valence-electron chi connectivity index (χ0n) is 9.41. The molecule has 2 heterocycles. The summed E-state index contributed by atoms with van der Waals surface area (Å²) in [5, 5.41) is 3.64. The Morgan fingerprint density at radius 2 is 2.13 bits per heavy atom. The van der Waals surface area contributed by atoms with Crippen molar-refractivity contribution in [1.29, 1.82) is 0 Å². The van der Waals surface area contributed by atoms with Crippen LogP contribution < -0.4 is 5.32 Å². The standard InChI is InChI=1S/C12H21N3/c1-2-7-13-12(3-1)14-10-6-8-15(9-10)11-4-5-11/h10-11H,1-9H2,(H,13,14). The average molecular weight is 207 g/mol. The molecule has 0 spiro atoms. The van der Waals surface area contributed by atoms with Crippen LogP contribution in [0, 0.1) is 0 Å². The van der Waals surface area contributed by atoms with Gasteiger partial charge in [0.2, 0.25) is 0 Å². The Morgan fingerprint density at radius 3 is 2.87 bits per heavy atom. The van der Waals surface area contributed by atoms with Crippen LogP contribution in [0.3, 0.4) is 0 Å². The van der Waals surface area contributed by atoms with Gasteiger partial charge in [-0.3, -0.25) is 9.89 Å². The van der Waals surface area contributed by atoms with Crippen LogP contribution in [-0.4, -0.2) is 42.5 Å². The Bertz CT molecular complexity index is 258. The molecule has 3 heteroatoms. The molecular weight excluding hydrogens is 186 g/mol. The van der Waals surface area contributed by atoms with E-state index in [0.29, 0.717) is 6.04 Å². The van der Waals surface area contributed by atoms with E-state index < -0.39 is 0 Å². The van der Waals surface area contributed by atoms with E-state index in [0.717, 1.165) is 12.6 Å². The van der Waals surface area contributed by atoms with E-state index in [1.54, 1.807) is 0 Å². The van der Waals surface area contributed by atoms with Gasteiger partial charge in [0.05, 0.1) is 5.84 Å². The second-order valence-electron chi connectivity index (χ2n) is 5.14. The molecule has 1 atom stereocenters. The van der Waals surface area contributed by atoms with Crippen molar-refractivity contribution in [1.82, 2.24) is 10.2 Å². The molecule has 3 nitrogen and oxygen atoms in total. The number of nitrogens with zero attached hydrogens (tertiary/aromatic N) is 2. The molecule has 0 aromatic heterocycles. The van der Waals surface area contributed by atoms with Gasteiger partial charge in [0, 0.05) is 38.1 Å². The van der Waals surface area contributed by atoms with Gasteiger partial charge in [0.25, 0.3) is 0 Å². The molecule has 84 valence electrons. The van der Waals surface area contributed by atoms with Gasteiger partial charge in [-0.05, 0) is 32.1 Å². The molecule has 0 aromatic carbocycles. The molecule has 0 bridgehead atoms. The molecule has 0 radical (unpaired) electrons. The van der Waals surface area contributed by atoms with Crippen molar-refractivity contribution >= 4 is 5.84 Å². The SMILES string of the molecule is C1CCC(NC2CCN(C3CC3)C2)=NC1. The van der Waals surface area contributed by atoms with E-state index in [-0.39, 0.29) is 0 Å². The van der Waals surface area contributed by atoms with Gasteiger partial charge in [0.15, 0.2) is 0 Å². The lowest BCUT2D eigenvalue weighted by Gasteiger charge is -2.19. The Morgan fingerprint density at radius 1 is 1.20 bits per heavy atom. The summed E-state index contributed by atoms with van der Waals surface area (Å²) in [7, 11) is 0. The Labute approximate surface area is 91.9 Å². The van der Waals surface area contributed by atoms with Crippen LogP contribution in [0.5, 0.6) is 0 Å². The molecule has 1 saturated carbocycles. The lowest BCUT2D eigenvalue weighted by Crippen LogP contribution is -2.38. The molecule has 0 aromatic rings. The minimum absolute atomic E-state index is 0.683. The van der Waals surface area contributed by atoms with Crippen molar-refractivity contribution in [3.63, 3.8) is 0 Å². The van der Waals surface area contributed by atoms with Crippen molar-refractivity contribution in [2.75, 3.05) is 19.6 Å². The second kappa shape index (κ2) is 4.12. The molecule has 1 unspecified atom stereocenters. The van der Waals surface area contributed by atoms with E-state index in [9.17, 15) is 0 Å². The van der Waals surface area contributed by atoms with Gasteiger partial charge in [-0.1, -0.05) is 0 Å². The summed E-state index contributed by atoms with van der Waals surface area (Å²) in [4.78, 5) is 7.22. The highest BCUT2D eigenvalue weighted by molar-refractivity contribution is 5.82. The van der Waals surface area contributed by atoms with Crippen LogP contribution in [0.15, 0.2) is 4.99 Å². The van der Waals surface area contributed by atoms with Gasteiger partial charge < -0.3 is 5.32 Å². The zero-order valence-corrected chi connectivity index (χ0v) is 9.41. The number of likely N-dealkylation sites (tertiary alicyclic amines) is 1. The fraction of sp³-hybridized carbons (Fsp3) is 0.917. The van der Waals surface area contributed by atoms with Crippen LogP contribution >= 0.6 is 0 Å². The average Bonchev–Trinajstić information content (AvgIpc) is 3.02. The third-order valence-corrected chi connectivity index (χ3v) is 3.78. The summed E-state index contributed by atoms with van der Waals surface area (Å²) in [6.07, 6.45) is 7.98. The van der Waals surface area contributed by atoms with Crippen molar-refractivity contribution in [2.24, 2.45) is 4.99 Å². The van der Waals surface area contributed by atoms with Crippen molar-refractivity contribution < 1.29 is 0 Å². The molecule has 0 amide bonds. The summed E-state index contributed by atoms with van der Waals surface area (Å²) in [6, 6.07) is 1.62. The van der Waals surface area contributed by atoms with E-state index in [2.05, 4.69) is 15.2 Å². The summed E-state index contributed by atoms with van der Waals surface area (Å²) in [6.45, 7) is 3.60. The molecule has 15 heavy (non-hydrogen) atoms. The van der Waals surface area contributed by atoms with Crippen molar-refractivity contribution in [3.8, 4) is 0 Å². The molecular formula is C12H21N3. The third kappa shape index (κ3) is 2.33. The van der Waals surface area contributed by atoms with Gasteiger partial charge in [-0.15, -0.1) is 0 Å². The normalized spacial score (nSPS) is 32.8. The van der Waals surface area contributed by atoms with Gasteiger partial charge in [-0.25, -0.2) is 0 Å². The molecule has 1 saturated heterocycles. The van der Waals surface area contributed by atoms with E-state index in [1.165, 1.54) is 57.5 Å². The first-order valence-corrected chi connectivity index (χ1v) is 6.46. The molecule has 2 aliphatic heterocycles. The number of hydrogen-bond donors (Lipinski definition) is 1. The number of nitrogens with one attached hydrogen (secondary N) is 1. The summed E-state index contributed by atoms with van der Waals surface area (Å²) in [5.74, 6) is 1.28. The zero-order chi connectivity index (χ0) is 10.1. The van der Waals surface area contributed by atoms with E-state index in [4.69, 9.17) is 0 Å². The van der Waals surface area contributed by atoms with E-state index in [1.807, 2.05) is 0 Å². The number of hydrogen-bond acceptors (Lipinski definition) is 3. The predicted octanol–water partition coefficient (Wildman–Crippen LogP) is 1.40. The van der Waals surface area contributed by atoms with Crippen LogP contribution in [0.25, 0.3) is 0 Å². The lowest BCUT2D eigenvalue weighted by molar-refractivity contribution is 0.321. The Kier molecular flexibility index (Phi) is 2.65. The Balaban J connectivity index is 1.49. The van der Waals surface area contributed by atoms with E-state index >= 15 is 0 Å². The Hall–Kier alpha value is -0.570. The van der Waals surface area contributed by atoms with Crippen LogP contribution in [0.2, 0.25) is 0 Å². The second-order valence-corrected chi connectivity index (χ2v) is 5.14. The number of amidine groups is 1. The summed E-state index contributed by atoms with van der Waals surface area (Å²) >= 11 is 0. The quantitative estimate of drug-likeness (QED) is 0.741. The highest BCUT2D eigenvalue weighted by Gasteiger charge is 2.34. The summed E-state index contributed by atoms with van der Waals surface area (Å²) in [5.41, 5.74) is 0. The first-order chi connectivity index (χ1) is 7.42. The monoisotopic (exact) mass is 207 g/mol. The maximum Gasteiger partial charge on any atom is 0.0965 e. The summed E-state index contributed by atoms with van der Waals surface area (Å²) < 4.78 is 0. The minimum Gasteiger partial charge on any atom is -0.370 e.